The number of aliphatic hydroxyl groups excluding tert-OH is 2. The lowest BCUT2D eigenvalue weighted by Crippen LogP contribution is -2.35. The molecule has 1 fully saturated rings. The van der Waals surface area contributed by atoms with Crippen molar-refractivity contribution < 1.29 is 24.5 Å². The topological polar surface area (TPSA) is 87.1 Å². The van der Waals surface area contributed by atoms with E-state index in [0.717, 1.165) is 5.56 Å². The number of ether oxygens (including phenoxy) is 1. The first kappa shape index (κ1) is 20.6. The Hall–Kier alpha value is -3.12. The van der Waals surface area contributed by atoms with E-state index >= 15 is 0 Å². The van der Waals surface area contributed by atoms with Crippen LogP contribution >= 0.6 is 0 Å². The number of benzene rings is 2. The monoisotopic (exact) mass is 395 g/mol. The summed E-state index contributed by atoms with van der Waals surface area (Å²) in [6.45, 7) is 5.85. The number of nitrogens with zero attached hydrogens (tertiary/aromatic N) is 1. The second kappa shape index (κ2) is 8.49. The van der Waals surface area contributed by atoms with Crippen LogP contribution in [0.5, 0.6) is 5.75 Å². The first-order valence-electron chi connectivity index (χ1n) is 9.59. The fraction of sp³-hybridized carbons (Fsp3) is 0.304. The van der Waals surface area contributed by atoms with Gasteiger partial charge in [-0.1, -0.05) is 42.0 Å². The lowest BCUT2D eigenvalue weighted by Gasteiger charge is -2.26. The van der Waals surface area contributed by atoms with Crippen molar-refractivity contribution in [3.63, 3.8) is 0 Å². The lowest BCUT2D eigenvalue weighted by molar-refractivity contribution is -0.140. The van der Waals surface area contributed by atoms with Crippen molar-refractivity contribution in [3.8, 4) is 5.75 Å². The first-order chi connectivity index (χ1) is 13.8. The van der Waals surface area contributed by atoms with Gasteiger partial charge in [-0.3, -0.25) is 9.59 Å². The van der Waals surface area contributed by atoms with Gasteiger partial charge in [-0.05, 0) is 38.5 Å². The van der Waals surface area contributed by atoms with Crippen molar-refractivity contribution >= 4 is 17.4 Å². The van der Waals surface area contributed by atoms with Crippen molar-refractivity contribution in [1.29, 1.82) is 0 Å². The van der Waals surface area contributed by atoms with E-state index in [9.17, 15) is 19.8 Å². The van der Waals surface area contributed by atoms with E-state index in [1.54, 1.807) is 43.3 Å². The maximum atomic E-state index is 12.8. The van der Waals surface area contributed by atoms with E-state index in [4.69, 9.17) is 4.74 Å². The summed E-state index contributed by atoms with van der Waals surface area (Å²) in [5.74, 6) is -1.06. The molecule has 29 heavy (non-hydrogen) atoms. The Morgan fingerprint density at radius 1 is 1.10 bits per heavy atom. The summed E-state index contributed by atoms with van der Waals surface area (Å²) >= 11 is 0. The number of carbonyl (C=O) groups is 2. The number of rotatable bonds is 6. The van der Waals surface area contributed by atoms with Crippen LogP contribution in [-0.2, 0) is 9.59 Å². The number of aryl methyl sites for hydroxylation is 1. The minimum Gasteiger partial charge on any atom is -0.507 e. The fourth-order valence-electron chi connectivity index (χ4n) is 3.48. The summed E-state index contributed by atoms with van der Waals surface area (Å²) in [5, 5.41) is 20.8. The van der Waals surface area contributed by atoms with Gasteiger partial charge in [-0.25, -0.2) is 0 Å². The van der Waals surface area contributed by atoms with Gasteiger partial charge in [-0.2, -0.15) is 0 Å². The zero-order valence-corrected chi connectivity index (χ0v) is 16.8. The molecule has 0 aromatic heterocycles. The smallest absolute Gasteiger partial charge is 0.295 e. The predicted molar refractivity (Wildman–Crippen MR) is 109 cm³/mol. The summed E-state index contributed by atoms with van der Waals surface area (Å²) in [6.07, 6.45) is -0.821. The summed E-state index contributed by atoms with van der Waals surface area (Å²) in [5.41, 5.74) is 2.14. The number of hydrogen-bond donors (Lipinski definition) is 2. The standard InChI is InChI=1S/C23H25NO5/c1-4-29-18-11-9-16(10-12-18)20-19(21(26)17-7-5-14(2)6-8-17)22(27)23(28)24(20)13-15(3)25/h5-12,15,20,25-26H,4,13H2,1-3H3/t15-,20-/m1/s1. The highest BCUT2D eigenvalue weighted by Gasteiger charge is 2.46. The average molecular weight is 395 g/mol. The molecule has 1 amide bonds. The van der Waals surface area contributed by atoms with Crippen LogP contribution in [0.15, 0.2) is 54.1 Å². The van der Waals surface area contributed by atoms with Crippen molar-refractivity contribution in [2.45, 2.75) is 32.9 Å². The second-order valence-electron chi connectivity index (χ2n) is 7.17. The minimum atomic E-state index is -0.821. The van der Waals surface area contributed by atoms with Crippen molar-refractivity contribution in [3.05, 3.63) is 70.8 Å². The number of hydrogen-bond acceptors (Lipinski definition) is 5. The first-order valence-corrected chi connectivity index (χ1v) is 9.59. The van der Waals surface area contributed by atoms with Crippen LogP contribution in [0.2, 0.25) is 0 Å². The van der Waals surface area contributed by atoms with Gasteiger partial charge in [0.05, 0.1) is 24.3 Å². The van der Waals surface area contributed by atoms with E-state index in [0.29, 0.717) is 23.5 Å². The van der Waals surface area contributed by atoms with E-state index in [1.807, 2.05) is 26.0 Å². The molecule has 2 atom stereocenters. The molecular formula is C23H25NO5. The highest BCUT2D eigenvalue weighted by atomic mass is 16.5. The number of ketones is 1. The zero-order chi connectivity index (χ0) is 21.1. The van der Waals surface area contributed by atoms with Gasteiger partial charge in [0.2, 0.25) is 0 Å². The number of amides is 1. The largest absolute Gasteiger partial charge is 0.507 e. The Morgan fingerprint density at radius 3 is 2.28 bits per heavy atom. The summed E-state index contributed by atoms with van der Waals surface area (Å²) in [4.78, 5) is 26.8. The van der Waals surface area contributed by atoms with Gasteiger partial charge in [0, 0.05) is 12.1 Å². The molecule has 0 bridgehead atoms. The highest BCUT2D eigenvalue weighted by Crippen LogP contribution is 2.39. The molecule has 0 aliphatic carbocycles. The predicted octanol–water partition coefficient (Wildman–Crippen LogP) is 3.20. The maximum Gasteiger partial charge on any atom is 0.295 e. The van der Waals surface area contributed by atoms with Gasteiger partial charge in [0.25, 0.3) is 11.7 Å². The van der Waals surface area contributed by atoms with E-state index < -0.39 is 23.8 Å². The molecule has 2 aromatic carbocycles. The van der Waals surface area contributed by atoms with Gasteiger partial charge >= 0.3 is 0 Å². The number of carbonyl (C=O) groups excluding carboxylic acids is 2. The van der Waals surface area contributed by atoms with Crippen molar-refractivity contribution in [1.82, 2.24) is 4.90 Å². The molecule has 1 saturated heterocycles. The summed E-state index contributed by atoms with van der Waals surface area (Å²) in [7, 11) is 0. The van der Waals surface area contributed by atoms with Crippen molar-refractivity contribution in [2.75, 3.05) is 13.2 Å². The van der Waals surface area contributed by atoms with Gasteiger partial charge in [-0.15, -0.1) is 0 Å². The molecule has 0 saturated carbocycles. The molecule has 1 heterocycles. The molecule has 152 valence electrons. The highest BCUT2D eigenvalue weighted by molar-refractivity contribution is 6.46. The molecule has 6 nitrogen and oxygen atoms in total. The SMILES string of the molecule is CCOc1ccc([C@@H]2C(=C(O)c3ccc(C)cc3)C(=O)C(=O)N2C[C@@H](C)O)cc1. The third-order valence-electron chi connectivity index (χ3n) is 4.83. The van der Waals surface area contributed by atoms with E-state index in [2.05, 4.69) is 0 Å². The number of aliphatic hydroxyl groups is 2. The van der Waals surface area contributed by atoms with Crippen LogP contribution in [0, 0.1) is 6.92 Å². The second-order valence-corrected chi connectivity index (χ2v) is 7.17. The molecule has 2 aromatic rings. The number of β-amino-alcohol motifs (C(OH)–C–C–N with tert-alkyl or cyclic N) is 1. The Morgan fingerprint density at radius 2 is 1.72 bits per heavy atom. The van der Waals surface area contributed by atoms with Crippen LogP contribution in [0.3, 0.4) is 0 Å². The van der Waals surface area contributed by atoms with Crippen molar-refractivity contribution in [2.24, 2.45) is 0 Å². The number of Topliss-reactive ketones (excluding diaryl/α,β-unsaturated/α-hetero) is 1. The maximum absolute atomic E-state index is 12.8. The normalized spacial score (nSPS) is 19.4. The number of likely N-dealkylation sites (tertiary alicyclic amines) is 1. The van der Waals surface area contributed by atoms with E-state index in [1.165, 1.54) is 4.90 Å². The molecule has 0 unspecified atom stereocenters. The molecule has 1 aliphatic rings. The van der Waals surface area contributed by atoms with E-state index in [-0.39, 0.29) is 17.9 Å². The Bertz CT molecular complexity index is 929. The molecule has 6 heteroatoms. The minimum absolute atomic E-state index is 0.0173. The van der Waals surface area contributed by atoms with Crippen LogP contribution in [0.1, 0.15) is 36.6 Å². The van der Waals surface area contributed by atoms with Crippen LogP contribution in [-0.4, -0.2) is 46.1 Å². The third kappa shape index (κ3) is 4.17. The molecular weight excluding hydrogens is 370 g/mol. The Labute approximate surface area is 170 Å². The molecule has 1 aliphatic heterocycles. The zero-order valence-electron chi connectivity index (χ0n) is 16.8. The Kier molecular flexibility index (Phi) is 6.03. The average Bonchev–Trinajstić information content (AvgIpc) is 2.93. The molecule has 0 radical (unpaired) electrons. The molecule has 2 N–H and O–H groups in total. The Balaban J connectivity index is 2.13. The molecule has 0 spiro atoms. The lowest BCUT2D eigenvalue weighted by atomic mass is 9.95. The fourth-order valence-corrected chi connectivity index (χ4v) is 3.48. The van der Waals surface area contributed by atoms with Crippen LogP contribution in [0.25, 0.3) is 5.76 Å². The summed E-state index contributed by atoms with van der Waals surface area (Å²) in [6, 6.07) is 13.3. The van der Waals surface area contributed by atoms with Gasteiger partial charge in [0.1, 0.15) is 11.5 Å². The van der Waals surface area contributed by atoms with Crippen LogP contribution < -0.4 is 4.74 Å². The quantitative estimate of drug-likeness (QED) is 0.446. The molecule has 3 rings (SSSR count). The third-order valence-corrected chi connectivity index (χ3v) is 4.83. The summed E-state index contributed by atoms with van der Waals surface area (Å²) < 4.78 is 5.46. The van der Waals surface area contributed by atoms with Crippen LogP contribution in [0.4, 0.5) is 0 Å². The van der Waals surface area contributed by atoms with Gasteiger partial charge in [0.15, 0.2) is 0 Å². The van der Waals surface area contributed by atoms with Gasteiger partial charge < -0.3 is 19.8 Å².